The number of benzene rings is 2. The van der Waals surface area contributed by atoms with Crippen LogP contribution in [0, 0.1) is 5.82 Å². The lowest BCUT2D eigenvalue weighted by molar-refractivity contribution is 0.412. The fraction of sp³-hybridized carbons (Fsp3) is 0.333. The number of hydrogen-bond acceptors (Lipinski definition) is 2. The minimum atomic E-state index is -0.297. The van der Waals surface area contributed by atoms with E-state index in [2.05, 4.69) is 43.4 Å². The van der Waals surface area contributed by atoms with E-state index in [1.54, 1.807) is 13.2 Å². The van der Waals surface area contributed by atoms with E-state index in [1.807, 2.05) is 0 Å². The summed E-state index contributed by atoms with van der Waals surface area (Å²) in [5.74, 6) is 0.221. The Morgan fingerprint density at radius 3 is 2.48 bits per heavy atom. The van der Waals surface area contributed by atoms with E-state index in [9.17, 15) is 4.39 Å². The van der Waals surface area contributed by atoms with E-state index in [-0.39, 0.29) is 11.9 Å². The second-order valence-electron chi connectivity index (χ2n) is 5.20. The predicted molar refractivity (Wildman–Crippen MR) is 85.4 cm³/mol. The van der Waals surface area contributed by atoms with Crippen molar-refractivity contribution in [1.82, 2.24) is 0 Å². The molecule has 0 aliphatic carbocycles. The molecule has 2 rings (SSSR count). The Kier molecular flexibility index (Phi) is 5.20. The molecule has 1 N–H and O–H groups in total. The molecule has 0 saturated heterocycles. The topological polar surface area (TPSA) is 21.3 Å². The van der Waals surface area contributed by atoms with Crippen molar-refractivity contribution in [3.8, 4) is 5.75 Å². The molecular formula is C18H22FNO. The third-order valence-corrected chi connectivity index (χ3v) is 3.55. The van der Waals surface area contributed by atoms with Crippen LogP contribution in [0.15, 0.2) is 42.5 Å². The Balaban J connectivity index is 2.12. The molecule has 21 heavy (non-hydrogen) atoms. The highest BCUT2D eigenvalue weighted by Gasteiger charge is 2.09. The number of nitrogens with one attached hydrogen (secondary N) is 1. The predicted octanol–water partition coefficient (Wildman–Crippen LogP) is 4.96. The van der Waals surface area contributed by atoms with E-state index >= 15 is 0 Å². The molecule has 112 valence electrons. The van der Waals surface area contributed by atoms with Gasteiger partial charge in [-0.15, -0.1) is 0 Å². The van der Waals surface area contributed by atoms with E-state index in [0.29, 0.717) is 5.75 Å². The molecule has 0 radical (unpaired) electrons. The Hall–Kier alpha value is -2.03. The fourth-order valence-corrected chi connectivity index (χ4v) is 2.36. The molecule has 1 atom stereocenters. The van der Waals surface area contributed by atoms with Crippen molar-refractivity contribution in [3.63, 3.8) is 0 Å². The second kappa shape index (κ2) is 7.11. The number of rotatable bonds is 6. The van der Waals surface area contributed by atoms with Gasteiger partial charge in [-0.3, -0.25) is 0 Å². The van der Waals surface area contributed by atoms with Crippen LogP contribution in [0.2, 0.25) is 0 Å². The van der Waals surface area contributed by atoms with E-state index in [0.717, 1.165) is 18.5 Å². The van der Waals surface area contributed by atoms with Crippen molar-refractivity contribution < 1.29 is 9.13 Å². The summed E-state index contributed by atoms with van der Waals surface area (Å²) in [5, 5.41) is 3.36. The summed E-state index contributed by atoms with van der Waals surface area (Å²) in [6.07, 6.45) is 2.26. The van der Waals surface area contributed by atoms with Gasteiger partial charge < -0.3 is 10.1 Å². The zero-order chi connectivity index (χ0) is 15.2. The highest BCUT2D eigenvalue weighted by Crippen LogP contribution is 2.29. The summed E-state index contributed by atoms with van der Waals surface area (Å²) >= 11 is 0. The molecule has 2 aromatic rings. The Morgan fingerprint density at radius 2 is 1.86 bits per heavy atom. The van der Waals surface area contributed by atoms with Crippen LogP contribution in [0.1, 0.15) is 37.4 Å². The quantitative estimate of drug-likeness (QED) is 0.810. The number of anilines is 1. The van der Waals surface area contributed by atoms with Crippen LogP contribution in [0.3, 0.4) is 0 Å². The van der Waals surface area contributed by atoms with Gasteiger partial charge in [-0.05, 0) is 36.6 Å². The molecule has 3 heteroatoms. The van der Waals surface area contributed by atoms with Crippen molar-refractivity contribution in [3.05, 3.63) is 59.4 Å². The monoisotopic (exact) mass is 287 g/mol. The molecule has 0 heterocycles. The van der Waals surface area contributed by atoms with E-state index < -0.39 is 0 Å². The summed E-state index contributed by atoms with van der Waals surface area (Å²) in [6, 6.07) is 13.3. The molecule has 2 nitrogen and oxygen atoms in total. The van der Waals surface area contributed by atoms with Crippen molar-refractivity contribution in [2.24, 2.45) is 0 Å². The molecule has 0 saturated carbocycles. The molecule has 0 fully saturated rings. The first kappa shape index (κ1) is 15.4. The van der Waals surface area contributed by atoms with Gasteiger partial charge in [0.05, 0.1) is 12.8 Å². The van der Waals surface area contributed by atoms with Crippen molar-refractivity contribution in [2.45, 2.75) is 32.7 Å². The van der Waals surface area contributed by atoms with Gasteiger partial charge in [0.25, 0.3) is 0 Å². The molecular weight excluding hydrogens is 265 g/mol. The molecule has 2 aromatic carbocycles. The standard InChI is InChI=1S/C18H22FNO/c1-4-5-14-6-8-15(9-7-14)13(2)20-17-11-10-16(19)12-18(17)21-3/h6-13,20H,4-5H2,1-3H3. The maximum Gasteiger partial charge on any atom is 0.144 e. The minimum Gasteiger partial charge on any atom is -0.494 e. The van der Waals surface area contributed by atoms with Crippen LogP contribution in [0.25, 0.3) is 0 Å². The van der Waals surface area contributed by atoms with Crippen LogP contribution < -0.4 is 10.1 Å². The maximum absolute atomic E-state index is 13.2. The second-order valence-corrected chi connectivity index (χ2v) is 5.20. The normalized spacial score (nSPS) is 12.0. The molecule has 0 spiro atoms. The van der Waals surface area contributed by atoms with Crippen LogP contribution in [0.5, 0.6) is 5.75 Å². The van der Waals surface area contributed by atoms with Gasteiger partial charge in [0.15, 0.2) is 0 Å². The summed E-state index contributed by atoms with van der Waals surface area (Å²) < 4.78 is 18.4. The summed E-state index contributed by atoms with van der Waals surface area (Å²) in [5.41, 5.74) is 3.35. The number of halogens is 1. The molecule has 1 unspecified atom stereocenters. The Bertz CT molecular complexity index is 580. The van der Waals surface area contributed by atoms with Crippen LogP contribution in [-0.2, 0) is 6.42 Å². The maximum atomic E-state index is 13.2. The lowest BCUT2D eigenvalue weighted by atomic mass is 10.0. The third kappa shape index (κ3) is 3.97. The largest absolute Gasteiger partial charge is 0.494 e. The van der Waals surface area contributed by atoms with Crippen molar-refractivity contribution in [2.75, 3.05) is 12.4 Å². The number of aryl methyl sites for hydroxylation is 1. The van der Waals surface area contributed by atoms with Gasteiger partial charge in [0.1, 0.15) is 11.6 Å². The van der Waals surface area contributed by atoms with Gasteiger partial charge in [-0.2, -0.15) is 0 Å². The lowest BCUT2D eigenvalue weighted by Crippen LogP contribution is -2.08. The molecule has 0 aromatic heterocycles. The summed E-state index contributed by atoms with van der Waals surface area (Å²) in [7, 11) is 1.55. The average molecular weight is 287 g/mol. The van der Waals surface area contributed by atoms with Gasteiger partial charge in [-0.25, -0.2) is 4.39 Å². The van der Waals surface area contributed by atoms with Crippen molar-refractivity contribution >= 4 is 5.69 Å². The van der Waals surface area contributed by atoms with Gasteiger partial charge in [0.2, 0.25) is 0 Å². The number of hydrogen-bond donors (Lipinski definition) is 1. The molecule has 0 amide bonds. The van der Waals surface area contributed by atoms with E-state index in [1.165, 1.54) is 23.3 Å². The first-order valence-corrected chi connectivity index (χ1v) is 7.33. The number of ether oxygens (including phenoxy) is 1. The van der Waals surface area contributed by atoms with Gasteiger partial charge in [0, 0.05) is 12.1 Å². The van der Waals surface area contributed by atoms with E-state index in [4.69, 9.17) is 4.74 Å². The lowest BCUT2D eigenvalue weighted by Gasteiger charge is -2.18. The minimum absolute atomic E-state index is 0.125. The number of methoxy groups -OCH3 is 1. The zero-order valence-electron chi connectivity index (χ0n) is 12.8. The molecule has 0 bridgehead atoms. The van der Waals surface area contributed by atoms with Crippen molar-refractivity contribution in [1.29, 1.82) is 0 Å². The van der Waals surface area contributed by atoms with Crippen LogP contribution >= 0.6 is 0 Å². The Labute approximate surface area is 126 Å². The fourth-order valence-electron chi connectivity index (χ4n) is 2.36. The Morgan fingerprint density at radius 1 is 1.14 bits per heavy atom. The van der Waals surface area contributed by atoms with Gasteiger partial charge in [-0.1, -0.05) is 37.6 Å². The van der Waals surface area contributed by atoms with Crippen LogP contribution in [0.4, 0.5) is 10.1 Å². The first-order valence-electron chi connectivity index (χ1n) is 7.33. The summed E-state index contributed by atoms with van der Waals surface area (Å²) in [6.45, 7) is 4.26. The average Bonchev–Trinajstić information content (AvgIpc) is 2.50. The van der Waals surface area contributed by atoms with Gasteiger partial charge >= 0.3 is 0 Å². The highest BCUT2D eigenvalue weighted by molar-refractivity contribution is 5.57. The highest BCUT2D eigenvalue weighted by atomic mass is 19.1. The van der Waals surface area contributed by atoms with Crippen LogP contribution in [-0.4, -0.2) is 7.11 Å². The zero-order valence-corrected chi connectivity index (χ0v) is 12.8. The SMILES string of the molecule is CCCc1ccc(C(C)Nc2ccc(F)cc2OC)cc1. The first-order chi connectivity index (χ1) is 10.1. The smallest absolute Gasteiger partial charge is 0.144 e. The third-order valence-electron chi connectivity index (χ3n) is 3.55. The summed E-state index contributed by atoms with van der Waals surface area (Å²) in [4.78, 5) is 0. The molecule has 0 aliphatic rings. The molecule has 0 aliphatic heterocycles.